The summed E-state index contributed by atoms with van der Waals surface area (Å²) in [4.78, 5) is 11.5. The molecule has 0 aliphatic carbocycles. The Kier molecular flexibility index (Phi) is 7.48. The summed E-state index contributed by atoms with van der Waals surface area (Å²) in [6, 6.07) is 7.92. The molecule has 1 rings (SSSR count). The molecule has 0 aromatic heterocycles. The molecule has 0 aliphatic rings. The number of aryl methyl sites for hydroxylation is 1. The third-order valence-electron chi connectivity index (χ3n) is 2.76. The van der Waals surface area contributed by atoms with Crippen molar-refractivity contribution >= 4 is 6.09 Å². The summed E-state index contributed by atoms with van der Waals surface area (Å²) in [5, 5.41) is 11.6. The van der Waals surface area contributed by atoms with Gasteiger partial charge in [-0.05, 0) is 45.2 Å². The maximum atomic E-state index is 11.5. The minimum atomic E-state index is -0.485. The molecule has 1 aromatic carbocycles. The molecule has 0 saturated carbocycles. The Morgan fingerprint density at radius 2 is 2.05 bits per heavy atom. The van der Waals surface area contributed by atoms with Gasteiger partial charge in [-0.3, -0.25) is 0 Å². The van der Waals surface area contributed by atoms with E-state index in [9.17, 15) is 4.79 Å². The van der Waals surface area contributed by atoms with Crippen molar-refractivity contribution in [1.29, 1.82) is 0 Å². The molecule has 0 bridgehead atoms. The fraction of sp³-hybridized carbons (Fsp3) is 0.500. The molecular weight excluding hydrogens is 278 g/mol. The number of carbonyl (C=O) groups excluding carboxylic acids is 1. The zero-order valence-corrected chi connectivity index (χ0v) is 13.6. The smallest absolute Gasteiger partial charge is 0.407 e. The highest BCUT2D eigenvalue weighted by atomic mass is 16.6. The van der Waals surface area contributed by atoms with E-state index in [0.717, 1.165) is 24.0 Å². The fourth-order valence-electron chi connectivity index (χ4n) is 1.83. The Labute approximate surface area is 132 Å². The predicted octanol–water partition coefficient (Wildman–Crippen LogP) is 2.88. The van der Waals surface area contributed by atoms with E-state index in [-0.39, 0.29) is 6.61 Å². The molecule has 0 radical (unpaired) electrons. The molecule has 0 atom stereocenters. The molecular formula is C18H25NO3. The minimum absolute atomic E-state index is 0.182. The van der Waals surface area contributed by atoms with Crippen LogP contribution in [0.25, 0.3) is 0 Å². The average molecular weight is 303 g/mol. The molecule has 1 amide bonds. The number of aliphatic hydroxyl groups excluding tert-OH is 1. The van der Waals surface area contributed by atoms with Gasteiger partial charge in [0.2, 0.25) is 0 Å². The Morgan fingerprint density at radius 3 is 2.73 bits per heavy atom. The summed E-state index contributed by atoms with van der Waals surface area (Å²) in [5.74, 6) is 6.17. The largest absolute Gasteiger partial charge is 0.444 e. The summed E-state index contributed by atoms with van der Waals surface area (Å²) >= 11 is 0. The van der Waals surface area contributed by atoms with Crippen LogP contribution in [0.1, 0.15) is 44.7 Å². The summed E-state index contributed by atoms with van der Waals surface area (Å²) < 4.78 is 5.14. The molecule has 0 aliphatic heterocycles. The van der Waals surface area contributed by atoms with Crippen molar-refractivity contribution in [1.82, 2.24) is 5.32 Å². The molecule has 4 heteroatoms. The predicted molar refractivity (Wildman–Crippen MR) is 87.6 cm³/mol. The van der Waals surface area contributed by atoms with E-state index in [1.165, 1.54) is 0 Å². The number of nitrogens with one attached hydrogen (secondary N) is 1. The molecule has 0 saturated heterocycles. The Hall–Kier alpha value is -1.99. The van der Waals surface area contributed by atoms with E-state index in [2.05, 4.69) is 17.2 Å². The maximum Gasteiger partial charge on any atom is 0.407 e. The molecule has 0 unspecified atom stereocenters. The first-order chi connectivity index (χ1) is 10.4. The van der Waals surface area contributed by atoms with Crippen LogP contribution in [0.15, 0.2) is 24.3 Å². The van der Waals surface area contributed by atoms with E-state index in [4.69, 9.17) is 9.84 Å². The number of amides is 1. The van der Waals surface area contributed by atoms with E-state index in [1.807, 2.05) is 45.0 Å². The van der Waals surface area contributed by atoms with E-state index in [1.54, 1.807) is 0 Å². The molecule has 0 heterocycles. The van der Waals surface area contributed by atoms with Gasteiger partial charge in [-0.2, -0.15) is 0 Å². The van der Waals surface area contributed by atoms with E-state index >= 15 is 0 Å². The van der Waals surface area contributed by atoms with Crippen LogP contribution in [0, 0.1) is 11.8 Å². The van der Waals surface area contributed by atoms with Gasteiger partial charge in [0.1, 0.15) is 5.60 Å². The third kappa shape index (κ3) is 7.70. The molecule has 2 N–H and O–H groups in total. The lowest BCUT2D eigenvalue weighted by molar-refractivity contribution is 0.0529. The zero-order valence-electron chi connectivity index (χ0n) is 13.6. The molecule has 1 aromatic rings. The zero-order chi connectivity index (χ0) is 16.4. The topological polar surface area (TPSA) is 58.6 Å². The minimum Gasteiger partial charge on any atom is -0.444 e. The van der Waals surface area contributed by atoms with Gasteiger partial charge in [-0.15, -0.1) is 0 Å². The van der Waals surface area contributed by atoms with Crippen LogP contribution in [0.4, 0.5) is 4.79 Å². The second kappa shape index (κ2) is 9.11. The standard InChI is InChI=1S/C18H25NO3/c1-18(2,3)22-17(21)19-13-7-6-11-15-9-4-5-10-16(15)12-8-14-20/h4-5,9-10,20H,7-8,12-14H2,1-3H3,(H,19,21). The van der Waals surface area contributed by atoms with Crippen LogP contribution in [-0.4, -0.2) is 30.0 Å². The first kappa shape index (κ1) is 18.1. The lowest BCUT2D eigenvalue weighted by Crippen LogP contribution is -2.32. The second-order valence-electron chi connectivity index (χ2n) is 5.96. The molecule has 22 heavy (non-hydrogen) atoms. The molecule has 120 valence electrons. The number of rotatable bonds is 5. The number of carbonyl (C=O) groups is 1. The van der Waals surface area contributed by atoms with Crippen LogP contribution < -0.4 is 5.32 Å². The SMILES string of the molecule is CC(C)(C)OC(=O)NCCC#Cc1ccccc1CCCO. The van der Waals surface area contributed by atoms with Crippen LogP contribution in [0.5, 0.6) is 0 Å². The fourth-order valence-corrected chi connectivity index (χ4v) is 1.83. The average Bonchev–Trinajstić information content (AvgIpc) is 2.44. The van der Waals surface area contributed by atoms with Crippen LogP contribution in [0.3, 0.4) is 0 Å². The Bertz CT molecular complexity index is 535. The van der Waals surface area contributed by atoms with Gasteiger partial charge < -0.3 is 15.2 Å². The number of ether oxygens (including phenoxy) is 1. The summed E-state index contributed by atoms with van der Waals surface area (Å²) in [6.07, 6.45) is 1.70. The van der Waals surface area contributed by atoms with E-state index in [0.29, 0.717) is 13.0 Å². The quantitative estimate of drug-likeness (QED) is 0.649. The highest BCUT2D eigenvalue weighted by Gasteiger charge is 2.15. The normalized spacial score (nSPS) is 10.5. The Balaban J connectivity index is 2.43. The van der Waals surface area contributed by atoms with Crippen LogP contribution >= 0.6 is 0 Å². The van der Waals surface area contributed by atoms with Crippen molar-refractivity contribution in [2.24, 2.45) is 0 Å². The van der Waals surface area contributed by atoms with Gasteiger partial charge in [0.25, 0.3) is 0 Å². The summed E-state index contributed by atoms with van der Waals surface area (Å²) in [6.45, 7) is 6.13. The summed E-state index contributed by atoms with van der Waals surface area (Å²) in [5.41, 5.74) is 1.64. The second-order valence-corrected chi connectivity index (χ2v) is 5.96. The van der Waals surface area contributed by atoms with Gasteiger partial charge in [0.15, 0.2) is 0 Å². The lowest BCUT2D eigenvalue weighted by Gasteiger charge is -2.19. The van der Waals surface area contributed by atoms with Crippen molar-refractivity contribution < 1.29 is 14.6 Å². The molecule has 4 nitrogen and oxygen atoms in total. The highest BCUT2D eigenvalue weighted by molar-refractivity contribution is 5.67. The summed E-state index contributed by atoms with van der Waals surface area (Å²) in [7, 11) is 0. The van der Waals surface area contributed by atoms with Gasteiger partial charge in [-0.25, -0.2) is 4.79 Å². The lowest BCUT2D eigenvalue weighted by atomic mass is 10.0. The van der Waals surface area contributed by atoms with Crippen LogP contribution in [-0.2, 0) is 11.2 Å². The number of hydrogen-bond acceptors (Lipinski definition) is 3. The van der Waals surface area contributed by atoms with Crippen molar-refractivity contribution in [3.8, 4) is 11.8 Å². The number of alkyl carbamates (subject to hydrolysis) is 1. The van der Waals surface area contributed by atoms with E-state index < -0.39 is 11.7 Å². The van der Waals surface area contributed by atoms with Crippen molar-refractivity contribution in [2.45, 2.75) is 45.6 Å². The van der Waals surface area contributed by atoms with Crippen molar-refractivity contribution in [3.05, 3.63) is 35.4 Å². The first-order valence-corrected chi connectivity index (χ1v) is 7.57. The van der Waals surface area contributed by atoms with Crippen molar-refractivity contribution in [3.63, 3.8) is 0 Å². The Morgan fingerprint density at radius 1 is 1.32 bits per heavy atom. The molecule has 0 fully saturated rings. The number of benzene rings is 1. The van der Waals surface area contributed by atoms with Crippen LogP contribution in [0.2, 0.25) is 0 Å². The van der Waals surface area contributed by atoms with Gasteiger partial charge in [0, 0.05) is 25.1 Å². The third-order valence-corrected chi connectivity index (χ3v) is 2.76. The van der Waals surface area contributed by atoms with Gasteiger partial charge in [0.05, 0.1) is 0 Å². The van der Waals surface area contributed by atoms with Gasteiger partial charge in [-0.1, -0.05) is 30.0 Å². The monoisotopic (exact) mass is 303 g/mol. The first-order valence-electron chi connectivity index (χ1n) is 7.57. The van der Waals surface area contributed by atoms with Crippen molar-refractivity contribution in [2.75, 3.05) is 13.2 Å². The maximum absolute atomic E-state index is 11.5. The number of hydrogen-bond donors (Lipinski definition) is 2. The van der Waals surface area contributed by atoms with Gasteiger partial charge >= 0.3 is 6.09 Å². The number of aliphatic hydroxyl groups is 1. The highest BCUT2D eigenvalue weighted by Crippen LogP contribution is 2.09. The molecule has 0 spiro atoms.